The zero-order chi connectivity index (χ0) is 11.7. The summed E-state index contributed by atoms with van der Waals surface area (Å²) in [6, 6.07) is 20.9. The lowest BCUT2D eigenvalue weighted by Crippen LogP contribution is -2.14. The minimum absolute atomic E-state index is 0.0391. The number of benzene rings is 2. The largest absolute Gasteiger partial charge is 0.395 e. The first-order valence-corrected chi connectivity index (χ1v) is 6.08. The van der Waals surface area contributed by atoms with E-state index in [4.69, 9.17) is 0 Å². The Morgan fingerprint density at radius 3 is 2.12 bits per heavy atom. The molecular weight excluding hydrogens is 208 g/mol. The normalized spacial score (nSPS) is 26.8. The molecule has 1 aliphatic carbocycles. The molecule has 0 aliphatic heterocycles. The maximum Gasteiger partial charge on any atom is 0.0534 e. The van der Waals surface area contributed by atoms with Crippen molar-refractivity contribution in [1.82, 2.24) is 0 Å². The second-order valence-electron chi connectivity index (χ2n) is 4.85. The molecule has 2 aromatic carbocycles. The first-order chi connectivity index (χ1) is 8.37. The van der Waals surface area contributed by atoms with Crippen LogP contribution in [-0.2, 0) is 5.41 Å². The van der Waals surface area contributed by atoms with Gasteiger partial charge in [-0.1, -0.05) is 60.7 Å². The molecule has 1 N–H and O–H groups in total. The van der Waals surface area contributed by atoms with Gasteiger partial charge in [0.1, 0.15) is 0 Å². The predicted octanol–water partition coefficient (Wildman–Crippen LogP) is 3.10. The summed E-state index contributed by atoms with van der Waals surface area (Å²) in [5.74, 6) is 0.469. The Labute approximate surface area is 102 Å². The molecule has 0 unspecified atom stereocenters. The van der Waals surface area contributed by atoms with Gasteiger partial charge in [-0.3, -0.25) is 0 Å². The summed E-state index contributed by atoms with van der Waals surface area (Å²) < 4.78 is 0. The van der Waals surface area contributed by atoms with Crippen LogP contribution in [0.3, 0.4) is 0 Å². The highest BCUT2D eigenvalue weighted by Gasteiger charge is 2.55. The maximum atomic E-state index is 9.74. The molecule has 0 amide bonds. The number of aliphatic hydroxyl groups excluding tert-OH is 1. The van der Waals surface area contributed by atoms with Crippen molar-refractivity contribution in [2.24, 2.45) is 0 Å². The molecular formula is C16H16O. The molecule has 86 valence electrons. The van der Waals surface area contributed by atoms with Gasteiger partial charge in [0.15, 0.2) is 0 Å². The van der Waals surface area contributed by atoms with Crippen LogP contribution < -0.4 is 0 Å². The molecule has 1 heteroatoms. The lowest BCUT2D eigenvalue weighted by Gasteiger charge is -2.15. The standard InChI is InChI=1S/C16H16O/c17-12-16(14-9-5-2-6-10-14)11-15(16)13-7-3-1-4-8-13/h1-10,15,17H,11-12H2/t15-,16+/m0/s1. The highest BCUT2D eigenvalue weighted by atomic mass is 16.3. The van der Waals surface area contributed by atoms with Crippen LogP contribution in [0.2, 0.25) is 0 Å². The summed E-state index contributed by atoms with van der Waals surface area (Å²) in [6.07, 6.45) is 1.05. The number of aliphatic hydroxyl groups is 1. The summed E-state index contributed by atoms with van der Waals surface area (Å²) >= 11 is 0. The average molecular weight is 224 g/mol. The molecule has 0 heterocycles. The van der Waals surface area contributed by atoms with Gasteiger partial charge in [-0.2, -0.15) is 0 Å². The average Bonchev–Trinajstić information content (AvgIpc) is 3.17. The molecule has 1 aliphatic rings. The molecule has 0 spiro atoms. The molecule has 1 fully saturated rings. The number of hydrogen-bond donors (Lipinski definition) is 1. The van der Waals surface area contributed by atoms with E-state index in [0.717, 1.165) is 6.42 Å². The number of rotatable bonds is 3. The van der Waals surface area contributed by atoms with Crippen LogP contribution >= 0.6 is 0 Å². The van der Waals surface area contributed by atoms with Crippen molar-refractivity contribution < 1.29 is 5.11 Å². The minimum atomic E-state index is -0.0391. The van der Waals surface area contributed by atoms with Crippen molar-refractivity contribution in [2.75, 3.05) is 6.61 Å². The van der Waals surface area contributed by atoms with Gasteiger partial charge in [0.05, 0.1) is 6.61 Å². The van der Waals surface area contributed by atoms with Gasteiger partial charge in [0.25, 0.3) is 0 Å². The van der Waals surface area contributed by atoms with Crippen LogP contribution in [0.5, 0.6) is 0 Å². The Hall–Kier alpha value is -1.60. The molecule has 17 heavy (non-hydrogen) atoms. The summed E-state index contributed by atoms with van der Waals surface area (Å²) in [5.41, 5.74) is 2.56. The van der Waals surface area contributed by atoms with Crippen LogP contribution in [0.4, 0.5) is 0 Å². The zero-order valence-corrected chi connectivity index (χ0v) is 9.71. The van der Waals surface area contributed by atoms with Gasteiger partial charge < -0.3 is 5.11 Å². The quantitative estimate of drug-likeness (QED) is 0.849. The first-order valence-electron chi connectivity index (χ1n) is 6.08. The van der Waals surface area contributed by atoms with Crippen LogP contribution in [0.1, 0.15) is 23.5 Å². The Morgan fingerprint density at radius 2 is 1.53 bits per heavy atom. The Balaban J connectivity index is 1.94. The molecule has 1 saturated carbocycles. The topological polar surface area (TPSA) is 20.2 Å². The third-order valence-corrected chi connectivity index (χ3v) is 3.91. The Morgan fingerprint density at radius 1 is 0.941 bits per heavy atom. The minimum Gasteiger partial charge on any atom is -0.395 e. The molecule has 0 aromatic heterocycles. The van der Waals surface area contributed by atoms with Gasteiger partial charge in [0, 0.05) is 5.41 Å². The molecule has 0 radical (unpaired) electrons. The van der Waals surface area contributed by atoms with E-state index in [2.05, 4.69) is 36.4 Å². The third-order valence-electron chi connectivity index (χ3n) is 3.91. The van der Waals surface area contributed by atoms with Crippen LogP contribution in [0.15, 0.2) is 60.7 Å². The molecule has 1 nitrogen and oxygen atoms in total. The summed E-state index contributed by atoms with van der Waals surface area (Å²) in [7, 11) is 0. The van der Waals surface area contributed by atoms with Gasteiger partial charge in [-0.25, -0.2) is 0 Å². The van der Waals surface area contributed by atoms with E-state index in [9.17, 15) is 5.11 Å². The predicted molar refractivity (Wildman–Crippen MR) is 69.0 cm³/mol. The van der Waals surface area contributed by atoms with Crippen molar-refractivity contribution in [1.29, 1.82) is 0 Å². The van der Waals surface area contributed by atoms with Gasteiger partial charge in [-0.15, -0.1) is 0 Å². The SMILES string of the molecule is OC[C@@]1(c2ccccc2)C[C@H]1c1ccccc1. The van der Waals surface area contributed by atoms with E-state index in [-0.39, 0.29) is 12.0 Å². The van der Waals surface area contributed by atoms with E-state index in [0.29, 0.717) is 5.92 Å². The Kier molecular flexibility index (Phi) is 2.49. The zero-order valence-electron chi connectivity index (χ0n) is 9.71. The van der Waals surface area contributed by atoms with Crippen LogP contribution in [0.25, 0.3) is 0 Å². The van der Waals surface area contributed by atoms with E-state index in [1.165, 1.54) is 11.1 Å². The fourth-order valence-electron chi connectivity index (χ4n) is 2.78. The van der Waals surface area contributed by atoms with Crippen molar-refractivity contribution in [3.05, 3.63) is 71.8 Å². The third kappa shape index (κ3) is 1.67. The molecule has 3 rings (SSSR count). The molecule has 2 aromatic rings. The van der Waals surface area contributed by atoms with Crippen LogP contribution in [-0.4, -0.2) is 11.7 Å². The van der Waals surface area contributed by atoms with E-state index in [1.54, 1.807) is 0 Å². The van der Waals surface area contributed by atoms with Crippen molar-refractivity contribution in [3.8, 4) is 0 Å². The van der Waals surface area contributed by atoms with E-state index in [1.807, 2.05) is 24.3 Å². The number of hydrogen-bond acceptors (Lipinski definition) is 1. The molecule has 0 saturated heterocycles. The van der Waals surface area contributed by atoms with E-state index >= 15 is 0 Å². The first kappa shape index (κ1) is 10.5. The lowest BCUT2D eigenvalue weighted by atomic mass is 9.91. The van der Waals surface area contributed by atoms with Crippen LogP contribution in [0, 0.1) is 0 Å². The van der Waals surface area contributed by atoms with Gasteiger partial charge >= 0.3 is 0 Å². The fourth-order valence-corrected chi connectivity index (χ4v) is 2.78. The Bertz CT molecular complexity index is 491. The monoisotopic (exact) mass is 224 g/mol. The fraction of sp³-hybridized carbons (Fsp3) is 0.250. The van der Waals surface area contributed by atoms with E-state index < -0.39 is 0 Å². The molecule has 2 atom stereocenters. The second kappa shape index (κ2) is 4.01. The summed E-state index contributed by atoms with van der Waals surface area (Å²) in [5, 5.41) is 9.74. The smallest absolute Gasteiger partial charge is 0.0534 e. The van der Waals surface area contributed by atoms with Gasteiger partial charge in [-0.05, 0) is 23.5 Å². The highest BCUT2D eigenvalue weighted by Crippen LogP contribution is 2.59. The maximum absolute atomic E-state index is 9.74. The van der Waals surface area contributed by atoms with Crippen molar-refractivity contribution in [2.45, 2.75) is 17.8 Å². The van der Waals surface area contributed by atoms with Gasteiger partial charge in [0.2, 0.25) is 0 Å². The second-order valence-corrected chi connectivity index (χ2v) is 4.85. The highest BCUT2D eigenvalue weighted by molar-refractivity contribution is 5.43. The lowest BCUT2D eigenvalue weighted by molar-refractivity contribution is 0.251. The van der Waals surface area contributed by atoms with Crippen molar-refractivity contribution >= 4 is 0 Å². The van der Waals surface area contributed by atoms with Crippen molar-refractivity contribution in [3.63, 3.8) is 0 Å². The molecule has 0 bridgehead atoms. The summed E-state index contributed by atoms with van der Waals surface area (Å²) in [4.78, 5) is 0. The summed E-state index contributed by atoms with van der Waals surface area (Å²) in [6.45, 7) is 0.233.